The smallest absolute Gasteiger partial charge is 0.248 e. The predicted molar refractivity (Wildman–Crippen MR) is 62.8 cm³/mol. The standard InChI is InChI=1S/C12H10N2O2/c13-11(15)4-2-8-1-3-9-7-14-12(16)6-10(9)5-8/h1-7H,(H2,13,15)(H,14,16). The van der Waals surface area contributed by atoms with Crippen LogP contribution in [0.5, 0.6) is 0 Å². The summed E-state index contributed by atoms with van der Waals surface area (Å²) >= 11 is 0. The van der Waals surface area contributed by atoms with Crippen LogP contribution in [0.4, 0.5) is 0 Å². The van der Waals surface area contributed by atoms with Crippen LogP contribution >= 0.6 is 0 Å². The number of benzene rings is 1. The van der Waals surface area contributed by atoms with Crippen LogP contribution in [0.3, 0.4) is 0 Å². The van der Waals surface area contributed by atoms with Crippen LogP contribution in [0.1, 0.15) is 5.56 Å². The van der Waals surface area contributed by atoms with Crippen molar-refractivity contribution in [1.29, 1.82) is 0 Å². The van der Waals surface area contributed by atoms with Gasteiger partial charge in [-0.05, 0) is 28.5 Å². The molecule has 4 nitrogen and oxygen atoms in total. The van der Waals surface area contributed by atoms with Crippen LogP contribution in [-0.2, 0) is 4.79 Å². The van der Waals surface area contributed by atoms with E-state index in [4.69, 9.17) is 5.73 Å². The van der Waals surface area contributed by atoms with Crippen molar-refractivity contribution in [2.45, 2.75) is 0 Å². The topological polar surface area (TPSA) is 76.0 Å². The molecular weight excluding hydrogens is 204 g/mol. The second-order valence-corrected chi connectivity index (χ2v) is 3.42. The Kier molecular flexibility index (Phi) is 2.55. The van der Waals surface area contributed by atoms with E-state index in [2.05, 4.69) is 4.98 Å². The molecule has 1 aromatic carbocycles. The first kappa shape index (κ1) is 10.2. The quantitative estimate of drug-likeness (QED) is 0.732. The summed E-state index contributed by atoms with van der Waals surface area (Å²) in [7, 11) is 0. The Balaban J connectivity index is 2.50. The third-order valence-electron chi connectivity index (χ3n) is 2.21. The number of hydrogen-bond donors (Lipinski definition) is 2. The number of aromatic nitrogens is 1. The average molecular weight is 214 g/mol. The highest BCUT2D eigenvalue weighted by Gasteiger charge is 1.95. The number of nitrogens with two attached hydrogens (primary N) is 1. The lowest BCUT2D eigenvalue weighted by Gasteiger charge is -1.98. The summed E-state index contributed by atoms with van der Waals surface area (Å²) < 4.78 is 0. The summed E-state index contributed by atoms with van der Waals surface area (Å²) in [5.74, 6) is -0.494. The molecular formula is C12H10N2O2. The van der Waals surface area contributed by atoms with Gasteiger partial charge in [0.05, 0.1) is 0 Å². The maximum atomic E-state index is 11.1. The number of fused-ring (bicyclic) bond motifs is 1. The zero-order valence-electron chi connectivity index (χ0n) is 8.44. The van der Waals surface area contributed by atoms with Crippen molar-refractivity contribution < 1.29 is 4.79 Å². The number of nitrogens with one attached hydrogen (secondary N) is 1. The second kappa shape index (κ2) is 4.02. The molecule has 2 aromatic rings. The molecule has 0 saturated heterocycles. The fourth-order valence-corrected chi connectivity index (χ4v) is 1.46. The van der Waals surface area contributed by atoms with Gasteiger partial charge in [0.25, 0.3) is 0 Å². The fourth-order valence-electron chi connectivity index (χ4n) is 1.46. The normalized spacial score (nSPS) is 11.0. The van der Waals surface area contributed by atoms with Crippen molar-refractivity contribution in [3.05, 3.63) is 52.5 Å². The Bertz CT molecular complexity index is 626. The van der Waals surface area contributed by atoms with Crippen molar-refractivity contribution in [3.8, 4) is 0 Å². The molecule has 1 amide bonds. The highest BCUT2D eigenvalue weighted by atomic mass is 16.1. The van der Waals surface area contributed by atoms with E-state index in [1.165, 1.54) is 12.1 Å². The highest BCUT2D eigenvalue weighted by molar-refractivity contribution is 5.91. The van der Waals surface area contributed by atoms with E-state index in [1.807, 2.05) is 18.2 Å². The number of amides is 1. The van der Waals surface area contributed by atoms with Gasteiger partial charge in [-0.3, -0.25) is 9.59 Å². The van der Waals surface area contributed by atoms with Crippen LogP contribution in [0.2, 0.25) is 0 Å². The van der Waals surface area contributed by atoms with Crippen LogP contribution < -0.4 is 11.3 Å². The molecule has 3 N–H and O–H groups in total. The molecule has 0 bridgehead atoms. The minimum Gasteiger partial charge on any atom is -0.366 e. The lowest BCUT2D eigenvalue weighted by Crippen LogP contribution is -2.05. The summed E-state index contributed by atoms with van der Waals surface area (Å²) in [5.41, 5.74) is 5.68. The van der Waals surface area contributed by atoms with Crippen LogP contribution in [-0.4, -0.2) is 10.9 Å². The molecule has 0 saturated carbocycles. The average Bonchev–Trinajstić information content (AvgIpc) is 2.25. The zero-order valence-corrected chi connectivity index (χ0v) is 8.44. The maximum absolute atomic E-state index is 11.1. The molecule has 16 heavy (non-hydrogen) atoms. The molecule has 0 spiro atoms. The van der Waals surface area contributed by atoms with E-state index < -0.39 is 5.91 Å². The van der Waals surface area contributed by atoms with E-state index in [0.29, 0.717) is 0 Å². The lowest BCUT2D eigenvalue weighted by molar-refractivity contribution is -0.113. The van der Waals surface area contributed by atoms with Gasteiger partial charge in [0.15, 0.2) is 0 Å². The van der Waals surface area contributed by atoms with Gasteiger partial charge in [-0.2, -0.15) is 0 Å². The molecule has 0 radical (unpaired) electrons. The van der Waals surface area contributed by atoms with Gasteiger partial charge in [-0.15, -0.1) is 0 Å². The van der Waals surface area contributed by atoms with Crippen LogP contribution in [0, 0.1) is 0 Å². The largest absolute Gasteiger partial charge is 0.366 e. The summed E-state index contributed by atoms with van der Waals surface area (Å²) in [4.78, 5) is 24.3. The van der Waals surface area contributed by atoms with Crippen molar-refractivity contribution >= 4 is 22.8 Å². The van der Waals surface area contributed by atoms with Crippen LogP contribution in [0.25, 0.3) is 16.8 Å². The molecule has 0 aliphatic heterocycles. The fraction of sp³-hybridized carbons (Fsp3) is 0. The van der Waals surface area contributed by atoms with Gasteiger partial charge in [0.2, 0.25) is 11.5 Å². The third kappa shape index (κ3) is 2.17. The second-order valence-electron chi connectivity index (χ2n) is 3.42. The highest BCUT2D eigenvalue weighted by Crippen LogP contribution is 2.14. The van der Waals surface area contributed by atoms with Crippen LogP contribution in [0.15, 0.2) is 41.3 Å². The minimum atomic E-state index is -0.494. The first-order valence-electron chi connectivity index (χ1n) is 4.75. The van der Waals surface area contributed by atoms with Gasteiger partial charge >= 0.3 is 0 Å². The molecule has 0 unspecified atom stereocenters. The van der Waals surface area contributed by atoms with E-state index >= 15 is 0 Å². The van der Waals surface area contributed by atoms with E-state index in [-0.39, 0.29) is 5.56 Å². The van der Waals surface area contributed by atoms with E-state index in [9.17, 15) is 9.59 Å². The first-order valence-corrected chi connectivity index (χ1v) is 4.75. The Labute approximate surface area is 91.4 Å². The molecule has 0 fully saturated rings. The Morgan fingerprint density at radius 1 is 1.25 bits per heavy atom. The summed E-state index contributed by atoms with van der Waals surface area (Å²) in [5, 5.41) is 1.77. The summed E-state index contributed by atoms with van der Waals surface area (Å²) in [6.07, 6.45) is 4.55. The molecule has 4 heteroatoms. The first-order chi connectivity index (χ1) is 7.65. The zero-order chi connectivity index (χ0) is 11.5. The van der Waals surface area contributed by atoms with Gasteiger partial charge in [-0.1, -0.05) is 12.1 Å². The molecule has 0 aliphatic rings. The number of rotatable bonds is 2. The number of pyridine rings is 1. The third-order valence-corrected chi connectivity index (χ3v) is 2.21. The Hall–Kier alpha value is -2.36. The van der Waals surface area contributed by atoms with E-state index in [1.54, 1.807) is 12.3 Å². The van der Waals surface area contributed by atoms with Gasteiger partial charge in [0.1, 0.15) is 0 Å². The Morgan fingerprint density at radius 2 is 2.06 bits per heavy atom. The van der Waals surface area contributed by atoms with Crippen molar-refractivity contribution in [1.82, 2.24) is 4.98 Å². The number of primary amides is 1. The number of aromatic amines is 1. The number of hydrogen-bond acceptors (Lipinski definition) is 2. The molecule has 0 aliphatic carbocycles. The van der Waals surface area contributed by atoms with Gasteiger partial charge < -0.3 is 10.7 Å². The molecule has 1 heterocycles. The minimum absolute atomic E-state index is 0.150. The lowest BCUT2D eigenvalue weighted by atomic mass is 10.1. The van der Waals surface area contributed by atoms with Crippen molar-refractivity contribution in [3.63, 3.8) is 0 Å². The summed E-state index contributed by atoms with van der Waals surface area (Å²) in [6.45, 7) is 0. The predicted octanol–water partition coefficient (Wildman–Crippen LogP) is 1.03. The van der Waals surface area contributed by atoms with Gasteiger partial charge in [0, 0.05) is 18.3 Å². The SMILES string of the molecule is NC(=O)C=Cc1ccc2c[nH]c(=O)cc2c1. The van der Waals surface area contributed by atoms with Gasteiger partial charge in [-0.25, -0.2) is 0 Å². The summed E-state index contributed by atoms with van der Waals surface area (Å²) in [6, 6.07) is 7.05. The maximum Gasteiger partial charge on any atom is 0.248 e. The molecule has 2 rings (SSSR count). The number of H-pyrrole nitrogens is 1. The molecule has 0 atom stereocenters. The monoisotopic (exact) mass is 214 g/mol. The van der Waals surface area contributed by atoms with Crippen molar-refractivity contribution in [2.75, 3.05) is 0 Å². The molecule has 80 valence electrons. The molecule has 1 aromatic heterocycles. The Morgan fingerprint density at radius 3 is 2.81 bits per heavy atom. The van der Waals surface area contributed by atoms with E-state index in [0.717, 1.165) is 16.3 Å². The van der Waals surface area contributed by atoms with Crippen molar-refractivity contribution in [2.24, 2.45) is 5.73 Å². The number of carbonyl (C=O) groups excluding carboxylic acids is 1. The number of carbonyl (C=O) groups is 1.